The number of aromatic nitrogens is 2. The molecule has 5 aromatic rings. The molecule has 0 unspecified atom stereocenters. The molecule has 5 rings (SSSR count). The highest BCUT2D eigenvalue weighted by molar-refractivity contribution is 5.89. The van der Waals surface area contributed by atoms with Crippen molar-refractivity contribution in [2.45, 2.75) is 0 Å². The van der Waals surface area contributed by atoms with E-state index in [2.05, 4.69) is 4.98 Å². The third kappa shape index (κ3) is 3.11. The van der Waals surface area contributed by atoms with Crippen LogP contribution in [0.2, 0.25) is 0 Å². The van der Waals surface area contributed by atoms with Gasteiger partial charge in [0.05, 0.1) is 25.3 Å². The Morgan fingerprint density at radius 2 is 1.53 bits per heavy atom. The molecule has 7 heteroatoms. The molecule has 2 heterocycles. The van der Waals surface area contributed by atoms with Crippen molar-refractivity contribution < 1.29 is 13.9 Å². The van der Waals surface area contributed by atoms with Crippen molar-refractivity contribution in [1.29, 1.82) is 0 Å². The Morgan fingerprint density at radius 3 is 2.22 bits per heavy atom. The van der Waals surface area contributed by atoms with Crippen LogP contribution in [0.4, 0.5) is 0 Å². The van der Waals surface area contributed by atoms with Gasteiger partial charge < -0.3 is 13.9 Å². The lowest BCUT2D eigenvalue weighted by Crippen LogP contribution is -2.26. The highest BCUT2D eigenvalue weighted by Crippen LogP contribution is 2.26. The summed E-state index contributed by atoms with van der Waals surface area (Å²) < 4.78 is 17.8. The molecule has 158 valence electrons. The number of para-hydroxylation sites is 1. The van der Waals surface area contributed by atoms with Crippen LogP contribution in [0.5, 0.6) is 11.5 Å². The van der Waals surface area contributed by atoms with Crippen LogP contribution in [0, 0.1) is 0 Å². The minimum atomic E-state index is -0.501. The van der Waals surface area contributed by atoms with E-state index in [1.807, 2.05) is 18.2 Å². The van der Waals surface area contributed by atoms with Gasteiger partial charge in [0.25, 0.3) is 5.56 Å². The van der Waals surface area contributed by atoms with Gasteiger partial charge in [-0.05, 0) is 48.5 Å². The highest BCUT2D eigenvalue weighted by Gasteiger charge is 2.20. The van der Waals surface area contributed by atoms with Crippen molar-refractivity contribution in [1.82, 2.24) is 9.55 Å². The molecule has 0 radical (unpaired) electrons. The SMILES string of the molecule is COc1ccc(-c2nc3oc4cc(OC)ccc4c(=O)c3c(=O)n2-c2ccccc2)cc1. The van der Waals surface area contributed by atoms with Gasteiger partial charge in [0.2, 0.25) is 11.1 Å². The summed E-state index contributed by atoms with van der Waals surface area (Å²) >= 11 is 0. The molecule has 0 spiro atoms. The molecule has 3 aromatic carbocycles. The molecule has 0 amide bonds. The van der Waals surface area contributed by atoms with E-state index in [9.17, 15) is 9.59 Å². The van der Waals surface area contributed by atoms with Crippen LogP contribution in [0.25, 0.3) is 39.1 Å². The summed E-state index contributed by atoms with van der Waals surface area (Å²) in [5, 5.41) is 0.179. The molecule has 0 atom stereocenters. The van der Waals surface area contributed by atoms with E-state index >= 15 is 0 Å². The summed E-state index contributed by atoms with van der Waals surface area (Å²) in [6, 6.07) is 21.1. The zero-order chi connectivity index (χ0) is 22.2. The predicted molar refractivity (Wildman–Crippen MR) is 122 cm³/mol. The van der Waals surface area contributed by atoms with Crippen molar-refractivity contribution in [3.63, 3.8) is 0 Å². The van der Waals surface area contributed by atoms with Gasteiger partial charge in [-0.15, -0.1) is 0 Å². The fourth-order valence-corrected chi connectivity index (χ4v) is 3.66. The largest absolute Gasteiger partial charge is 0.497 e. The summed E-state index contributed by atoms with van der Waals surface area (Å²) in [6.45, 7) is 0. The zero-order valence-corrected chi connectivity index (χ0v) is 17.4. The van der Waals surface area contributed by atoms with E-state index in [0.717, 1.165) is 0 Å². The van der Waals surface area contributed by atoms with Crippen LogP contribution in [-0.2, 0) is 0 Å². The van der Waals surface area contributed by atoms with Crippen molar-refractivity contribution in [2.24, 2.45) is 0 Å². The van der Waals surface area contributed by atoms with Crippen LogP contribution in [0.15, 0.2) is 86.8 Å². The lowest BCUT2D eigenvalue weighted by molar-refractivity contribution is 0.414. The van der Waals surface area contributed by atoms with Crippen LogP contribution in [0.3, 0.4) is 0 Å². The van der Waals surface area contributed by atoms with Gasteiger partial charge in [-0.25, -0.2) is 0 Å². The van der Waals surface area contributed by atoms with Crippen LogP contribution >= 0.6 is 0 Å². The summed E-state index contributed by atoms with van der Waals surface area (Å²) in [5.74, 6) is 1.56. The van der Waals surface area contributed by atoms with Crippen molar-refractivity contribution in [2.75, 3.05) is 14.2 Å². The standard InChI is InChI=1S/C25H18N2O5/c1-30-17-10-8-15(9-11-17)23-26-24-21(25(29)27(23)16-6-4-3-5-7-16)22(28)19-13-12-18(31-2)14-20(19)32-24/h3-14H,1-2H3. The topological polar surface area (TPSA) is 83.6 Å². The molecular weight excluding hydrogens is 408 g/mol. The summed E-state index contributed by atoms with van der Waals surface area (Å²) in [7, 11) is 3.11. The van der Waals surface area contributed by atoms with Gasteiger partial charge >= 0.3 is 0 Å². The van der Waals surface area contributed by atoms with Gasteiger partial charge in [-0.3, -0.25) is 14.2 Å². The normalized spacial score (nSPS) is 11.1. The van der Waals surface area contributed by atoms with Crippen LogP contribution in [0.1, 0.15) is 0 Å². The Kier molecular flexibility index (Phi) is 4.71. The minimum absolute atomic E-state index is 0.0289. The molecule has 0 aliphatic carbocycles. The van der Waals surface area contributed by atoms with E-state index in [1.54, 1.807) is 61.7 Å². The van der Waals surface area contributed by atoms with E-state index in [0.29, 0.717) is 34.2 Å². The second kappa shape index (κ2) is 7.70. The zero-order valence-electron chi connectivity index (χ0n) is 17.4. The second-order valence-electron chi connectivity index (χ2n) is 7.11. The first kappa shape index (κ1) is 19.6. The quantitative estimate of drug-likeness (QED) is 0.401. The molecule has 0 saturated carbocycles. The minimum Gasteiger partial charge on any atom is -0.497 e. The van der Waals surface area contributed by atoms with Crippen LogP contribution < -0.4 is 20.5 Å². The number of methoxy groups -OCH3 is 2. The first-order valence-corrected chi connectivity index (χ1v) is 9.88. The van der Waals surface area contributed by atoms with Gasteiger partial charge in [-0.2, -0.15) is 4.98 Å². The Morgan fingerprint density at radius 1 is 0.844 bits per heavy atom. The monoisotopic (exact) mass is 426 g/mol. The number of rotatable bonds is 4. The Balaban J connectivity index is 1.91. The molecular formula is C25H18N2O5. The van der Waals surface area contributed by atoms with E-state index in [4.69, 9.17) is 13.9 Å². The average molecular weight is 426 g/mol. The van der Waals surface area contributed by atoms with Crippen LogP contribution in [-0.4, -0.2) is 23.8 Å². The molecule has 0 saturated heterocycles. The Labute approximate surface area is 182 Å². The summed E-state index contributed by atoms with van der Waals surface area (Å²) in [5.41, 5.74) is 0.588. The molecule has 0 bridgehead atoms. The number of benzene rings is 3. The predicted octanol–water partition coefficient (Wildman–Crippen LogP) is 4.18. The number of nitrogens with zero attached hydrogens (tertiary/aromatic N) is 2. The smallest absolute Gasteiger partial charge is 0.273 e. The molecule has 32 heavy (non-hydrogen) atoms. The molecule has 0 fully saturated rings. The third-order valence-electron chi connectivity index (χ3n) is 5.28. The molecule has 0 aliphatic rings. The van der Waals surface area contributed by atoms with Crippen molar-refractivity contribution in [3.8, 4) is 28.6 Å². The molecule has 2 aromatic heterocycles. The van der Waals surface area contributed by atoms with Gasteiger partial charge in [0.1, 0.15) is 17.1 Å². The maximum Gasteiger partial charge on any atom is 0.273 e. The maximum absolute atomic E-state index is 13.6. The molecule has 0 aliphatic heterocycles. The first-order valence-electron chi connectivity index (χ1n) is 9.88. The number of hydrogen-bond acceptors (Lipinski definition) is 6. The van der Waals surface area contributed by atoms with E-state index in [1.165, 1.54) is 11.7 Å². The van der Waals surface area contributed by atoms with Crippen molar-refractivity contribution in [3.05, 3.63) is 93.4 Å². The number of fused-ring (bicyclic) bond motifs is 2. The lowest BCUT2D eigenvalue weighted by atomic mass is 10.1. The van der Waals surface area contributed by atoms with Gasteiger partial charge in [0.15, 0.2) is 11.2 Å². The number of ether oxygens (including phenoxy) is 2. The average Bonchev–Trinajstić information content (AvgIpc) is 2.84. The fraction of sp³-hybridized carbons (Fsp3) is 0.0800. The first-order chi connectivity index (χ1) is 15.6. The molecule has 0 N–H and O–H groups in total. The van der Waals surface area contributed by atoms with E-state index < -0.39 is 11.0 Å². The van der Waals surface area contributed by atoms with Crippen molar-refractivity contribution >= 4 is 22.1 Å². The maximum atomic E-state index is 13.6. The Hall–Kier alpha value is -4.39. The summed E-state index contributed by atoms with van der Waals surface area (Å²) in [6.07, 6.45) is 0. The van der Waals surface area contributed by atoms with E-state index in [-0.39, 0.29) is 16.5 Å². The second-order valence-corrected chi connectivity index (χ2v) is 7.11. The lowest BCUT2D eigenvalue weighted by Gasteiger charge is -2.14. The third-order valence-corrected chi connectivity index (χ3v) is 5.28. The number of hydrogen-bond donors (Lipinski definition) is 0. The Bertz CT molecular complexity index is 1570. The van der Waals surface area contributed by atoms with Gasteiger partial charge in [0, 0.05) is 11.6 Å². The fourth-order valence-electron chi connectivity index (χ4n) is 3.66. The highest BCUT2D eigenvalue weighted by atomic mass is 16.5. The summed E-state index contributed by atoms with van der Waals surface area (Å²) in [4.78, 5) is 31.5. The van der Waals surface area contributed by atoms with Gasteiger partial charge in [-0.1, -0.05) is 18.2 Å². The molecule has 7 nitrogen and oxygen atoms in total.